The van der Waals surface area contributed by atoms with Gasteiger partial charge in [-0.1, -0.05) is 24.6 Å². The average Bonchev–Trinajstić information content (AvgIpc) is 2.69. The van der Waals surface area contributed by atoms with Gasteiger partial charge in [-0.2, -0.15) is 0 Å². The SMILES string of the molecule is CCC(N)Cc1ccc(N2CCCOCC2)cc1Cl. The van der Waals surface area contributed by atoms with Gasteiger partial charge in [0, 0.05) is 36.4 Å². The highest BCUT2D eigenvalue weighted by Crippen LogP contribution is 2.25. The summed E-state index contributed by atoms with van der Waals surface area (Å²) in [5, 5.41) is 0.826. The zero-order chi connectivity index (χ0) is 13.7. The Morgan fingerprint density at radius 2 is 2.21 bits per heavy atom. The molecule has 0 saturated carbocycles. The van der Waals surface area contributed by atoms with Crippen LogP contribution in [0.2, 0.25) is 5.02 Å². The lowest BCUT2D eigenvalue weighted by Crippen LogP contribution is -2.26. The average molecular weight is 283 g/mol. The Kier molecular flexibility index (Phi) is 5.49. The summed E-state index contributed by atoms with van der Waals surface area (Å²) >= 11 is 6.38. The zero-order valence-corrected chi connectivity index (χ0v) is 12.3. The smallest absolute Gasteiger partial charge is 0.0641 e. The minimum absolute atomic E-state index is 0.190. The van der Waals surface area contributed by atoms with Gasteiger partial charge in [-0.3, -0.25) is 0 Å². The second-order valence-electron chi connectivity index (χ2n) is 5.10. The molecule has 1 saturated heterocycles. The first-order chi connectivity index (χ1) is 9.20. The molecule has 1 aliphatic heterocycles. The molecule has 106 valence electrons. The van der Waals surface area contributed by atoms with Gasteiger partial charge < -0.3 is 15.4 Å². The summed E-state index contributed by atoms with van der Waals surface area (Å²) < 4.78 is 5.48. The Labute approximate surface area is 120 Å². The topological polar surface area (TPSA) is 38.5 Å². The number of benzene rings is 1. The van der Waals surface area contributed by atoms with Gasteiger partial charge >= 0.3 is 0 Å². The lowest BCUT2D eigenvalue weighted by atomic mass is 10.0. The molecule has 4 heteroatoms. The number of anilines is 1. The Morgan fingerprint density at radius 3 is 2.95 bits per heavy atom. The molecule has 1 heterocycles. The number of rotatable bonds is 4. The zero-order valence-electron chi connectivity index (χ0n) is 11.6. The number of halogens is 1. The monoisotopic (exact) mass is 282 g/mol. The fourth-order valence-electron chi connectivity index (χ4n) is 2.33. The molecule has 1 fully saturated rings. The van der Waals surface area contributed by atoms with E-state index >= 15 is 0 Å². The van der Waals surface area contributed by atoms with E-state index in [4.69, 9.17) is 22.1 Å². The number of hydrogen-bond donors (Lipinski definition) is 1. The molecular formula is C15H23ClN2O. The first-order valence-corrected chi connectivity index (χ1v) is 7.45. The van der Waals surface area contributed by atoms with Gasteiger partial charge in [0.1, 0.15) is 0 Å². The maximum atomic E-state index is 6.38. The molecule has 0 bridgehead atoms. The third-order valence-corrected chi connectivity index (χ3v) is 3.98. The van der Waals surface area contributed by atoms with Crippen LogP contribution >= 0.6 is 11.6 Å². The minimum Gasteiger partial charge on any atom is -0.380 e. The van der Waals surface area contributed by atoms with E-state index in [1.807, 2.05) is 0 Å². The van der Waals surface area contributed by atoms with Crippen molar-refractivity contribution in [3.8, 4) is 0 Å². The number of hydrogen-bond acceptors (Lipinski definition) is 3. The van der Waals surface area contributed by atoms with E-state index in [1.54, 1.807) is 0 Å². The molecule has 1 aromatic carbocycles. The predicted octanol–water partition coefficient (Wildman–Crippen LogP) is 2.85. The molecule has 1 unspecified atom stereocenters. The molecule has 2 rings (SSSR count). The maximum Gasteiger partial charge on any atom is 0.0641 e. The van der Waals surface area contributed by atoms with Gasteiger partial charge in [0.2, 0.25) is 0 Å². The van der Waals surface area contributed by atoms with Crippen molar-refractivity contribution in [2.45, 2.75) is 32.2 Å². The molecule has 1 aromatic rings. The van der Waals surface area contributed by atoms with Crippen LogP contribution in [-0.2, 0) is 11.2 Å². The predicted molar refractivity (Wildman–Crippen MR) is 81.1 cm³/mol. The highest BCUT2D eigenvalue weighted by atomic mass is 35.5. The van der Waals surface area contributed by atoms with Crippen LogP contribution in [-0.4, -0.2) is 32.3 Å². The Morgan fingerprint density at radius 1 is 1.37 bits per heavy atom. The van der Waals surface area contributed by atoms with Crippen molar-refractivity contribution in [3.63, 3.8) is 0 Å². The van der Waals surface area contributed by atoms with Gasteiger partial charge in [0.25, 0.3) is 0 Å². The summed E-state index contributed by atoms with van der Waals surface area (Å²) in [5.41, 5.74) is 8.32. The first kappa shape index (κ1) is 14.6. The molecule has 2 N–H and O–H groups in total. The summed E-state index contributed by atoms with van der Waals surface area (Å²) in [7, 11) is 0. The number of nitrogens with two attached hydrogens (primary N) is 1. The summed E-state index contributed by atoms with van der Waals surface area (Å²) in [4.78, 5) is 2.34. The molecule has 0 spiro atoms. The molecule has 19 heavy (non-hydrogen) atoms. The number of ether oxygens (including phenoxy) is 1. The molecule has 1 aliphatic rings. The second-order valence-corrected chi connectivity index (χ2v) is 5.51. The van der Waals surface area contributed by atoms with Gasteiger partial charge in [-0.25, -0.2) is 0 Å². The van der Waals surface area contributed by atoms with Crippen LogP contribution in [0.25, 0.3) is 0 Å². The Balaban J connectivity index is 2.08. The van der Waals surface area contributed by atoms with E-state index in [0.29, 0.717) is 0 Å². The quantitative estimate of drug-likeness (QED) is 0.923. The summed E-state index contributed by atoms with van der Waals surface area (Å²) in [6.45, 7) is 5.71. The summed E-state index contributed by atoms with van der Waals surface area (Å²) in [6.07, 6.45) is 2.89. The molecule has 3 nitrogen and oxygen atoms in total. The third-order valence-electron chi connectivity index (χ3n) is 3.63. The Hall–Kier alpha value is -0.770. The van der Waals surface area contributed by atoms with Crippen LogP contribution in [0.5, 0.6) is 0 Å². The molecule has 0 amide bonds. The van der Waals surface area contributed by atoms with Crippen molar-refractivity contribution >= 4 is 17.3 Å². The van der Waals surface area contributed by atoms with E-state index in [9.17, 15) is 0 Å². The van der Waals surface area contributed by atoms with E-state index in [2.05, 4.69) is 30.0 Å². The van der Waals surface area contributed by atoms with E-state index in [0.717, 1.165) is 56.2 Å². The fraction of sp³-hybridized carbons (Fsp3) is 0.600. The van der Waals surface area contributed by atoms with Crippen molar-refractivity contribution in [1.82, 2.24) is 0 Å². The standard InChI is InChI=1S/C15H23ClN2O/c1-2-13(17)10-12-4-5-14(11-15(12)16)18-6-3-8-19-9-7-18/h4-5,11,13H,2-3,6-10,17H2,1H3. The Bertz CT molecular complexity index is 403. The lowest BCUT2D eigenvalue weighted by molar-refractivity contribution is 0.152. The van der Waals surface area contributed by atoms with Gasteiger partial charge in [0.05, 0.1) is 6.61 Å². The van der Waals surface area contributed by atoms with E-state index < -0.39 is 0 Å². The highest BCUT2D eigenvalue weighted by Gasteiger charge is 2.12. The summed E-state index contributed by atoms with van der Waals surface area (Å²) in [5.74, 6) is 0. The molecular weight excluding hydrogens is 260 g/mol. The largest absolute Gasteiger partial charge is 0.380 e. The van der Waals surface area contributed by atoms with Crippen LogP contribution in [0, 0.1) is 0 Å². The van der Waals surface area contributed by atoms with Crippen molar-refractivity contribution < 1.29 is 4.74 Å². The first-order valence-electron chi connectivity index (χ1n) is 7.07. The second kappa shape index (κ2) is 7.13. The van der Waals surface area contributed by atoms with Gasteiger partial charge in [-0.05, 0) is 37.0 Å². The maximum absolute atomic E-state index is 6.38. The van der Waals surface area contributed by atoms with Crippen molar-refractivity contribution in [2.24, 2.45) is 5.73 Å². The van der Waals surface area contributed by atoms with Crippen LogP contribution in [0.4, 0.5) is 5.69 Å². The van der Waals surface area contributed by atoms with E-state index in [1.165, 1.54) is 5.69 Å². The fourth-order valence-corrected chi connectivity index (χ4v) is 2.58. The molecule has 0 aromatic heterocycles. The van der Waals surface area contributed by atoms with Gasteiger partial charge in [-0.15, -0.1) is 0 Å². The minimum atomic E-state index is 0.190. The third kappa shape index (κ3) is 4.10. The van der Waals surface area contributed by atoms with Crippen molar-refractivity contribution in [3.05, 3.63) is 28.8 Å². The van der Waals surface area contributed by atoms with Crippen LogP contribution < -0.4 is 10.6 Å². The molecule has 0 radical (unpaired) electrons. The molecule has 0 aliphatic carbocycles. The van der Waals surface area contributed by atoms with Crippen LogP contribution in [0.3, 0.4) is 0 Å². The molecule has 1 atom stereocenters. The van der Waals surface area contributed by atoms with Crippen molar-refractivity contribution in [1.29, 1.82) is 0 Å². The number of nitrogens with zero attached hydrogens (tertiary/aromatic N) is 1. The summed E-state index contributed by atoms with van der Waals surface area (Å²) in [6, 6.07) is 6.51. The lowest BCUT2D eigenvalue weighted by Gasteiger charge is -2.23. The highest BCUT2D eigenvalue weighted by molar-refractivity contribution is 6.31. The van der Waals surface area contributed by atoms with Crippen molar-refractivity contribution in [2.75, 3.05) is 31.2 Å². The van der Waals surface area contributed by atoms with Crippen LogP contribution in [0.15, 0.2) is 18.2 Å². The van der Waals surface area contributed by atoms with Gasteiger partial charge in [0.15, 0.2) is 0 Å². The van der Waals surface area contributed by atoms with Crippen LogP contribution in [0.1, 0.15) is 25.3 Å². The van der Waals surface area contributed by atoms with E-state index in [-0.39, 0.29) is 6.04 Å². The normalized spacial score (nSPS) is 18.2.